The third-order valence-corrected chi connectivity index (χ3v) is 4.54. The van der Waals surface area contributed by atoms with Crippen LogP contribution in [0.5, 0.6) is 0 Å². The minimum absolute atomic E-state index is 0.192. The lowest BCUT2D eigenvalue weighted by Crippen LogP contribution is -2.14. The maximum absolute atomic E-state index is 12.9. The quantitative estimate of drug-likeness (QED) is 0.502. The fourth-order valence-corrected chi connectivity index (χ4v) is 3.00. The van der Waals surface area contributed by atoms with E-state index in [2.05, 4.69) is 25.9 Å². The molecular weight excluding hydrogens is 410 g/mol. The van der Waals surface area contributed by atoms with E-state index in [1.165, 1.54) is 0 Å². The Morgan fingerprint density at radius 3 is 2.53 bits per heavy atom. The predicted octanol–water partition coefficient (Wildman–Crippen LogP) is 2.63. The van der Waals surface area contributed by atoms with Gasteiger partial charge in [0.1, 0.15) is 17.0 Å². The molecular formula is C19H14ClN7O3. The lowest BCUT2D eigenvalue weighted by atomic mass is 10.1. The molecule has 0 spiro atoms. The van der Waals surface area contributed by atoms with Crippen LogP contribution in [0.25, 0.3) is 16.9 Å². The van der Waals surface area contributed by atoms with E-state index >= 15 is 0 Å². The van der Waals surface area contributed by atoms with Gasteiger partial charge in [0.15, 0.2) is 0 Å². The fraction of sp³-hybridized carbons (Fsp3) is 0.0526. The first-order valence-corrected chi connectivity index (χ1v) is 9.04. The Labute approximate surface area is 174 Å². The number of aryl methyl sites for hydroxylation is 1. The van der Waals surface area contributed by atoms with Crippen LogP contribution in [-0.4, -0.2) is 37.2 Å². The summed E-state index contributed by atoms with van der Waals surface area (Å²) >= 11 is 6.24. The highest BCUT2D eigenvalue weighted by atomic mass is 35.5. The number of halogens is 1. The molecule has 0 aliphatic carbocycles. The molecule has 2 amide bonds. The number of nitrogens with one attached hydrogen (secondary N) is 1. The van der Waals surface area contributed by atoms with Crippen LogP contribution in [0.4, 0.5) is 5.69 Å². The second-order valence-electron chi connectivity index (χ2n) is 6.21. The van der Waals surface area contributed by atoms with E-state index in [1.807, 2.05) is 0 Å². The Hall–Kier alpha value is -4.05. The highest BCUT2D eigenvalue weighted by Gasteiger charge is 2.23. The van der Waals surface area contributed by atoms with E-state index in [4.69, 9.17) is 21.9 Å². The number of carbonyl (C=O) groups is 2. The summed E-state index contributed by atoms with van der Waals surface area (Å²) in [6.07, 6.45) is 0. The van der Waals surface area contributed by atoms with Gasteiger partial charge >= 0.3 is 0 Å². The van der Waals surface area contributed by atoms with Gasteiger partial charge in [-0.05, 0) is 42.5 Å². The van der Waals surface area contributed by atoms with E-state index in [-0.39, 0.29) is 11.4 Å². The zero-order valence-electron chi connectivity index (χ0n) is 15.5. The van der Waals surface area contributed by atoms with Gasteiger partial charge in [-0.25, -0.2) is 0 Å². The molecule has 0 fully saturated rings. The van der Waals surface area contributed by atoms with Crippen LogP contribution < -0.4 is 11.1 Å². The number of rotatable bonds is 5. The van der Waals surface area contributed by atoms with E-state index in [0.717, 1.165) is 4.80 Å². The summed E-state index contributed by atoms with van der Waals surface area (Å²) in [5.41, 5.74) is 7.42. The van der Waals surface area contributed by atoms with Crippen molar-refractivity contribution in [1.29, 1.82) is 0 Å². The molecule has 0 aliphatic heterocycles. The fourth-order valence-electron chi connectivity index (χ4n) is 2.77. The second-order valence-corrected chi connectivity index (χ2v) is 6.62. The molecule has 4 aromatic rings. The largest absolute Gasteiger partial charge is 0.363 e. The lowest BCUT2D eigenvalue weighted by Gasteiger charge is -2.07. The van der Waals surface area contributed by atoms with Crippen molar-refractivity contribution in [2.75, 3.05) is 5.32 Å². The molecule has 0 aliphatic rings. The number of nitrogens with zero attached hydrogens (tertiary/aromatic N) is 5. The van der Waals surface area contributed by atoms with Gasteiger partial charge in [0.2, 0.25) is 0 Å². The lowest BCUT2D eigenvalue weighted by molar-refractivity contribution is 0.0988. The number of hydrogen-bond acceptors (Lipinski definition) is 7. The zero-order chi connectivity index (χ0) is 21.3. The first-order chi connectivity index (χ1) is 14.4. The van der Waals surface area contributed by atoms with Crippen LogP contribution >= 0.6 is 11.6 Å². The van der Waals surface area contributed by atoms with Crippen LogP contribution in [0, 0.1) is 6.92 Å². The van der Waals surface area contributed by atoms with Gasteiger partial charge in [0, 0.05) is 11.3 Å². The molecule has 2 aromatic heterocycles. The molecule has 0 unspecified atom stereocenters. The number of anilines is 1. The number of amides is 2. The normalized spacial score (nSPS) is 10.7. The van der Waals surface area contributed by atoms with Crippen molar-refractivity contribution in [3.8, 4) is 16.9 Å². The summed E-state index contributed by atoms with van der Waals surface area (Å²) in [5, 5.41) is 18.4. The number of aromatic nitrogens is 5. The van der Waals surface area contributed by atoms with E-state index in [9.17, 15) is 9.59 Å². The number of nitrogens with two attached hydrogens (primary N) is 1. The number of tetrazole rings is 1. The van der Waals surface area contributed by atoms with Gasteiger partial charge in [0.05, 0.1) is 10.7 Å². The van der Waals surface area contributed by atoms with Gasteiger partial charge < -0.3 is 15.6 Å². The maximum atomic E-state index is 12.9. The minimum Gasteiger partial charge on any atom is -0.363 e. The van der Waals surface area contributed by atoms with Crippen LogP contribution in [0.2, 0.25) is 5.02 Å². The van der Waals surface area contributed by atoms with Crippen molar-refractivity contribution in [3.05, 3.63) is 70.7 Å². The molecule has 3 N–H and O–H groups in total. The zero-order valence-corrected chi connectivity index (χ0v) is 16.3. The Morgan fingerprint density at radius 1 is 1.13 bits per heavy atom. The van der Waals surface area contributed by atoms with Gasteiger partial charge in [-0.3, -0.25) is 9.59 Å². The molecule has 0 atom stereocenters. The second kappa shape index (κ2) is 7.76. The Balaban J connectivity index is 1.57. The third-order valence-electron chi connectivity index (χ3n) is 4.21. The van der Waals surface area contributed by atoms with Gasteiger partial charge in [-0.1, -0.05) is 35.0 Å². The number of primary amides is 1. The van der Waals surface area contributed by atoms with Crippen LogP contribution in [0.1, 0.15) is 26.7 Å². The molecule has 2 heterocycles. The molecule has 150 valence electrons. The van der Waals surface area contributed by atoms with Crippen molar-refractivity contribution < 1.29 is 14.1 Å². The topological polar surface area (TPSA) is 142 Å². The highest BCUT2D eigenvalue weighted by molar-refractivity contribution is 6.33. The SMILES string of the molecule is Cc1onc(-c2ccccc2Cl)c1C(=O)Nc1ccc(-n2nnc(C(N)=O)n2)cc1. The van der Waals surface area contributed by atoms with Gasteiger partial charge in [0.25, 0.3) is 17.6 Å². The summed E-state index contributed by atoms with van der Waals surface area (Å²) in [4.78, 5) is 25.1. The number of benzene rings is 2. The van der Waals surface area contributed by atoms with Crippen molar-refractivity contribution in [3.63, 3.8) is 0 Å². The Morgan fingerprint density at radius 2 is 1.87 bits per heavy atom. The smallest absolute Gasteiger partial charge is 0.290 e. The Bertz CT molecular complexity index is 1250. The average Bonchev–Trinajstić information content (AvgIpc) is 3.36. The summed E-state index contributed by atoms with van der Waals surface area (Å²) in [7, 11) is 0. The molecule has 30 heavy (non-hydrogen) atoms. The first-order valence-electron chi connectivity index (χ1n) is 8.67. The van der Waals surface area contributed by atoms with Crippen LogP contribution in [0.3, 0.4) is 0 Å². The predicted molar refractivity (Wildman–Crippen MR) is 107 cm³/mol. The monoisotopic (exact) mass is 423 g/mol. The van der Waals surface area contributed by atoms with Gasteiger partial charge in [-0.2, -0.15) is 0 Å². The molecule has 10 nitrogen and oxygen atoms in total. The maximum Gasteiger partial charge on any atom is 0.290 e. The van der Waals surface area contributed by atoms with Crippen LogP contribution in [0.15, 0.2) is 53.1 Å². The molecule has 0 bridgehead atoms. The van der Waals surface area contributed by atoms with Crippen molar-refractivity contribution >= 4 is 29.1 Å². The standard InChI is InChI=1S/C19H14ClN7O3/c1-10-15(16(25-30-10)13-4-2-3-5-14(13)20)19(29)22-11-6-8-12(9-7-11)27-24-18(17(21)28)23-26-27/h2-9H,1H3,(H2,21,28)(H,22,29). The molecule has 4 rings (SSSR count). The number of hydrogen-bond donors (Lipinski definition) is 2. The molecule has 0 saturated carbocycles. The molecule has 0 radical (unpaired) electrons. The van der Waals surface area contributed by atoms with Crippen molar-refractivity contribution in [2.24, 2.45) is 5.73 Å². The van der Waals surface area contributed by atoms with E-state index < -0.39 is 11.8 Å². The molecule has 2 aromatic carbocycles. The third kappa shape index (κ3) is 3.63. The molecule has 11 heteroatoms. The van der Waals surface area contributed by atoms with E-state index in [1.54, 1.807) is 55.5 Å². The minimum atomic E-state index is -0.774. The van der Waals surface area contributed by atoms with Gasteiger partial charge in [-0.15, -0.1) is 15.0 Å². The highest BCUT2D eigenvalue weighted by Crippen LogP contribution is 2.31. The first kappa shape index (κ1) is 19.3. The number of carbonyl (C=O) groups excluding carboxylic acids is 2. The summed E-state index contributed by atoms with van der Waals surface area (Å²) in [6.45, 7) is 1.65. The van der Waals surface area contributed by atoms with Crippen molar-refractivity contribution in [1.82, 2.24) is 25.4 Å². The summed E-state index contributed by atoms with van der Waals surface area (Å²) in [6, 6.07) is 13.7. The summed E-state index contributed by atoms with van der Waals surface area (Å²) < 4.78 is 5.23. The molecule has 0 saturated heterocycles. The Kier molecular flexibility index (Phi) is 4.98. The summed E-state index contributed by atoms with van der Waals surface area (Å²) in [5.74, 6) is -0.998. The average molecular weight is 424 g/mol. The van der Waals surface area contributed by atoms with Crippen molar-refractivity contribution in [2.45, 2.75) is 6.92 Å². The van der Waals surface area contributed by atoms with E-state index in [0.29, 0.717) is 33.4 Å². The van der Waals surface area contributed by atoms with Crippen LogP contribution in [-0.2, 0) is 0 Å².